The first kappa shape index (κ1) is 23.2. The molecule has 3 atom stereocenters. The topological polar surface area (TPSA) is 105 Å². The number of benzene rings is 1. The van der Waals surface area contributed by atoms with E-state index in [1.807, 2.05) is 6.07 Å². The molecule has 0 bridgehead atoms. The van der Waals surface area contributed by atoms with Crippen LogP contribution < -0.4 is 10.0 Å². The lowest BCUT2D eigenvalue weighted by Gasteiger charge is -2.37. The molecule has 3 rings (SSSR count). The lowest BCUT2D eigenvalue weighted by atomic mass is 9.88. The van der Waals surface area contributed by atoms with Crippen molar-refractivity contribution in [1.29, 1.82) is 0 Å². The molecular weight excluding hydrogens is 404 g/mol. The number of ether oxygens (including phenoxy) is 1. The molecule has 2 fully saturated rings. The van der Waals surface area contributed by atoms with Gasteiger partial charge in [-0.05, 0) is 50.7 Å². The minimum absolute atomic E-state index is 0.0752. The molecule has 1 saturated heterocycles. The number of nitrogens with one attached hydrogen (secondary N) is 2. The van der Waals surface area contributed by atoms with E-state index in [1.54, 1.807) is 25.1 Å². The Hall–Kier alpha value is -1.48. The Bertz CT molecular complexity index is 808. The zero-order chi connectivity index (χ0) is 21.6. The first-order valence-corrected chi connectivity index (χ1v) is 12.5. The van der Waals surface area contributed by atoms with Crippen molar-refractivity contribution in [1.82, 2.24) is 10.0 Å². The van der Waals surface area contributed by atoms with Gasteiger partial charge in [0.25, 0.3) is 0 Å². The average Bonchev–Trinajstić information content (AvgIpc) is 2.75. The van der Waals surface area contributed by atoms with Gasteiger partial charge in [-0.1, -0.05) is 37.5 Å². The summed E-state index contributed by atoms with van der Waals surface area (Å²) < 4.78 is 33.6. The third-order valence-corrected chi connectivity index (χ3v) is 7.86. The van der Waals surface area contributed by atoms with Crippen molar-refractivity contribution < 1.29 is 23.1 Å². The van der Waals surface area contributed by atoms with Gasteiger partial charge in [-0.15, -0.1) is 0 Å². The fourth-order valence-corrected chi connectivity index (χ4v) is 5.76. The molecule has 30 heavy (non-hydrogen) atoms. The van der Waals surface area contributed by atoms with Crippen molar-refractivity contribution in [2.24, 2.45) is 5.92 Å². The third-order valence-electron chi connectivity index (χ3n) is 6.24. The number of hydrogen-bond acceptors (Lipinski definition) is 5. The molecule has 1 amide bonds. The summed E-state index contributed by atoms with van der Waals surface area (Å²) >= 11 is 0. The number of carbonyl (C=O) groups excluding carboxylic acids is 1. The van der Waals surface area contributed by atoms with E-state index in [-0.39, 0.29) is 42.0 Å². The lowest BCUT2D eigenvalue weighted by molar-refractivity contribution is -0.132. The summed E-state index contributed by atoms with van der Waals surface area (Å²) in [6, 6.07) is 6.69. The van der Waals surface area contributed by atoms with Crippen LogP contribution in [0.4, 0.5) is 0 Å². The van der Waals surface area contributed by atoms with Crippen LogP contribution in [0.25, 0.3) is 0 Å². The maximum atomic E-state index is 12.5. The predicted molar refractivity (Wildman–Crippen MR) is 114 cm³/mol. The number of aliphatic hydroxyl groups excluding tert-OH is 1. The van der Waals surface area contributed by atoms with Gasteiger partial charge in [-0.25, -0.2) is 13.1 Å². The van der Waals surface area contributed by atoms with Gasteiger partial charge in [-0.3, -0.25) is 4.79 Å². The normalized spacial score (nSPS) is 25.7. The summed E-state index contributed by atoms with van der Waals surface area (Å²) in [6.45, 7) is 1.87. The summed E-state index contributed by atoms with van der Waals surface area (Å²) in [6.07, 6.45) is 6.63. The zero-order valence-electron chi connectivity index (χ0n) is 17.7. The number of aryl methyl sites for hydroxylation is 1. The molecule has 0 aromatic heterocycles. The zero-order valence-corrected chi connectivity index (χ0v) is 18.5. The number of rotatable bonds is 8. The van der Waals surface area contributed by atoms with E-state index >= 15 is 0 Å². The Morgan fingerprint density at radius 3 is 2.57 bits per heavy atom. The quantitative estimate of drug-likeness (QED) is 0.578. The number of amides is 1. The van der Waals surface area contributed by atoms with Gasteiger partial charge < -0.3 is 15.2 Å². The molecule has 2 aliphatic rings. The van der Waals surface area contributed by atoms with Crippen LogP contribution in [0, 0.1) is 12.8 Å². The Labute approximate surface area is 179 Å². The standard InChI is InChI=1S/C22H34N2O5S/c1-16-7-5-6-10-21(16)30(27,28)23-14-13-18-11-12-19(20(15-25)29-18)24-22(26)17-8-3-2-4-9-17/h5-7,10,17-20,23,25H,2-4,8-9,11-15H2,1H3,(H,24,26)/t18-,19+,20-/m1/s1. The van der Waals surface area contributed by atoms with E-state index in [2.05, 4.69) is 10.0 Å². The summed E-state index contributed by atoms with van der Waals surface area (Å²) in [4.78, 5) is 12.8. The number of carbonyl (C=O) groups is 1. The van der Waals surface area contributed by atoms with Crippen LogP contribution in [0.5, 0.6) is 0 Å². The van der Waals surface area contributed by atoms with Crippen molar-refractivity contribution in [2.75, 3.05) is 13.2 Å². The van der Waals surface area contributed by atoms with Gasteiger partial charge in [0.2, 0.25) is 15.9 Å². The second-order valence-corrected chi connectivity index (χ2v) is 10.2. The molecule has 1 aliphatic carbocycles. The average molecular weight is 439 g/mol. The van der Waals surface area contributed by atoms with Gasteiger partial charge >= 0.3 is 0 Å². The van der Waals surface area contributed by atoms with E-state index in [4.69, 9.17) is 4.74 Å². The summed E-state index contributed by atoms with van der Waals surface area (Å²) in [5.41, 5.74) is 0.704. The smallest absolute Gasteiger partial charge is 0.240 e. The molecule has 168 valence electrons. The lowest BCUT2D eigenvalue weighted by Crippen LogP contribution is -2.52. The third kappa shape index (κ3) is 6.03. The van der Waals surface area contributed by atoms with Crippen LogP contribution in [-0.4, -0.2) is 50.8 Å². The van der Waals surface area contributed by atoms with Gasteiger partial charge in [-0.2, -0.15) is 0 Å². The second-order valence-electron chi connectivity index (χ2n) is 8.46. The molecule has 1 aromatic carbocycles. The number of hydrogen-bond donors (Lipinski definition) is 3. The molecule has 0 spiro atoms. The Morgan fingerprint density at radius 2 is 1.87 bits per heavy atom. The minimum Gasteiger partial charge on any atom is -0.394 e. The van der Waals surface area contributed by atoms with Gasteiger partial charge in [0.1, 0.15) is 6.10 Å². The fourth-order valence-electron chi connectivity index (χ4n) is 4.46. The SMILES string of the molecule is Cc1ccccc1S(=O)(=O)NCC[C@H]1CC[C@H](NC(=O)C2CCCCC2)[C@@H](CO)O1. The van der Waals surface area contributed by atoms with Gasteiger partial charge in [0, 0.05) is 12.5 Å². The van der Waals surface area contributed by atoms with Crippen molar-refractivity contribution in [3.63, 3.8) is 0 Å². The molecule has 1 aromatic rings. The minimum atomic E-state index is -3.56. The second kappa shape index (κ2) is 10.7. The maximum absolute atomic E-state index is 12.5. The molecule has 1 aliphatic heterocycles. The summed E-state index contributed by atoms with van der Waals surface area (Å²) in [5.74, 6) is 0.151. The highest BCUT2D eigenvalue weighted by Gasteiger charge is 2.33. The first-order valence-electron chi connectivity index (χ1n) is 11.0. The highest BCUT2D eigenvalue weighted by atomic mass is 32.2. The van der Waals surface area contributed by atoms with Crippen LogP contribution in [0.2, 0.25) is 0 Å². The molecule has 3 N–H and O–H groups in total. The van der Waals surface area contributed by atoms with E-state index in [9.17, 15) is 18.3 Å². The molecule has 0 radical (unpaired) electrons. The Balaban J connectivity index is 1.47. The monoisotopic (exact) mass is 438 g/mol. The van der Waals surface area contributed by atoms with Crippen molar-refractivity contribution in [3.05, 3.63) is 29.8 Å². The molecule has 0 unspecified atom stereocenters. The van der Waals surface area contributed by atoms with Crippen LogP contribution in [0.1, 0.15) is 56.9 Å². The number of aliphatic hydroxyl groups is 1. The Morgan fingerprint density at radius 1 is 1.13 bits per heavy atom. The van der Waals surface area contributed by atoms with Crippen LogP contribution in [0.3, 0.4) is 0 Å². The molecule has 7 nitrogen and oxygen atoms in total. The van der Waals surface area contributed by atoms with E-state index in [0.29, 0.717) is 12.0 Å². The van der Waals surface area contributed by atoms with Gasteiger partial charge in [0.15, 0.2) is 0 Å². The van der Waals surface area contributed by atoms with Gasteiger partial charge in [0.05, 0.1) is 23.6 Å². The molecule has 1 heterocycles. The maximum Gasteiger partial charge on any atom is 0.240 e. The van der Waals surface area contributed by atoms with Crippen molar-refractivity contribution in [3.8, 4) is 0 Å². The Kier molecular flexibility index (Phi) is 8.27. The molecule has 8 heteroatoms. The largest absolute Gasteiger partial charge is 0.394 e. The van der Waals surface area contributed by atoms with Crippen molar-refractivity contribution in [2.45, 2.75) is 81.4 Å². The van der Waals surface area contributed by atoms with E-state index < -0.39 is 16.1 Å². The van der Waals surface area contributed by atoms with E-state index in [1.165, 1.54) is 6.42 Å². The highest BCUT2D eigenvalue weighted by Crippen LogP contribution is 2.26. The predicted octanol–water partition coefficient (Wildman–Crippen LogP) is 2.27. The fraction of sp³-hybridized carbons (Fsp3) is 0.682. The summed E-state index contributed by atoms with van der Waals surface area (Å²) in [5, 5.41) is 12.8. The number of sulfonamides is 1. The van der Waals surface area contributed by atoms with Crippen LogP contribution in [0.15, 0.2) is 29.2 Å². The first-order chi connectivity index (χ1) is 14.4. The highest BCUT2D eigenvalue weighted by molar-refractivity contribution is 7.89. The molecule has 1 saturated carbocycles. The summed E-state index contributed by atoms with van der Waals surface area (Å²) in [7, 11) is -3.56. The van der Waals surface area contributed by atoms with Crippen LogP contribution in [-0.2, 0) is 19.6 Å². The molecular formula is C22H34N2O5S. The van der Waals surface area contributed by atoms with Crippen LogP contribution >= 0.6 is 0 Å². The van der Waals surface area contributed by atoms with E-state index in [0.717, 1.165) is 38.5 Å². The van der Waals surface area contributed by atoms with Crippen molar-refractivity contribution >= 4 is 15.9 Å².